The molecular weight excluding hydrogens is 368 g/mol. The molecule has 0 saturated carbocycles. The number of ether oxygens (including phenoxy) is 1. The first-order chi connectivity index (χ1) is 13.1. The molecule has 0 unspecified atom stereocenters. The molecule has 4 aromatic rings. The van der Waals surface area contributed by atoms with Crippen molar-refractivity contribution >= 4 is 28.5 Å². The van der Waals surface area contributed by atoms with Gasteiger partial charge in [-0.3, -0.25) is 0 Å². The molecule has 27 heavy (non-hydrogen) atoms. The van der Waals surface area contributed by atoms with Crippen molar-refractivity contribution in [2.24, 2.45) is 0 Å². The predicted molar refractivity (Wildman–Crippen MR) is 100 cm³/mol. The molecule has 6 heteroatoms. The number of hydrogen-bond acceptors (Lipinski definition) is 5. The molecular formula is C21H13ClO5. The molecule has 0 aliphatic rings. The van der Waals surface area contributed by atoms with Crippen LogP contribution in [-0.2, 0) is 6.42 Å². The quantitative estimate of drug-likeness (QED) is 0.374. The Bertz CT molecular complexity index is 1160. The van der Waals surface area contributed by atoms with Crippen LogP contribution in [0.25, 0.3) is 11.0 Å². The molecule has 5 nitrogen and oxygen atoms in total. The van der Waals surface area contributed by atoms with Gasteiger partial charge >= 0.3 is 11.6 Å². The highest BCUT2D eigenvalue weighted by Gasteiger charge is 2.22. The van der Waals surface area contributed by atoms with E-state index in [0.717, 1.165) is 5.56 Å². The summed E-state index contributed by atoms with van der Waals surface area (Å²) in [4.78, 5) is 25.1. The molecule has 0 amide bonds. The summed E-state index contributed by atoms with van der Waals surface area (Å²) >= 11 is 6.32. The van der Waals surface area contributed by atoms with E-state index < -0.39 is 11.6 Å². The Labute approximate surface area is 158 Å². The number of carbonyl (C=O) groups is 1. The zero-order valence-corrected chi connectivity index (χ0v) is 14.7. The Kier molecular flexibility index (Phi) is 4.52. The molecule has 134 valence electrons. The monoisotopic (exact) mass is 380 g/mol. The number of rotatable bonds is 4. The lowest BCUT2D eigenvalue weighted by atomic mass is 10.0. The Morgan fingerprint density at radius 2 is 1.81 bits per heavy atom. The minimum absolute atomic E-state index is 0.0223. The first-order valence-electron chi connectivity index (χ1n) is 8.17. The number of hydrogen-bond donors (Lipinski definition) is 0. The van der Waals surface area contributed by atoms with Gasteiger partial charge in [0.2, 0.25) is 5.76 Å². The van der Waals surface area contributed by atoms with Crippen LogP contribution in [0.2, 0.25) is 5.02 Å². The van der Waals surface area contributed by atoms with Gasteiger partial charge in [0.1, 0.15) is 5.58 Å². The highest BCUT2D eigenvalue weighted by atomic mass is 35.5. The van der Waals surface area contributed by atoms with Crippen LogP contribution in [0, 0.1) is 0 Å². The zero-order valence-electron chi connectivity index (χ0n) is 14.0. The van der Waals surface area contributed by atoms with Crippen LogP contribution < -0.4 is 10.4 Å². The van der Waals surface area contributed by atoms with Crippen molar-refractivity contribution in [2.45, 2.75) is 6.42 Å². The molecule has 0 aliphatic carbocycles. The van der Waals surface area contributed by atoms with Crippen molar-refractivity contribution < 1.29 is 18.4 Å². The van der Waals surface area contributed by atoms with E-state index in [9.17, 15) is 9.59 Å². The van der Waals surface area contributed by atoms with Crippen molar-refractivity contribution in [1.82, 2.24) is 0 Å². The largest absolute Gasteiger partial charge is 0.457 e. The summed E-state index contributed by atoms with van der Waals surface area (Å²) in [6.45, 7) is 0. The van der Waals surface area contributed by atoms with Crippen LogP contribution in [0.15, 0.2) is 80.6 Å². The molecule has 2 aromatic carbocycles. The normalized spacial score (nSPS) is 10.9. The Morgan fingerprint density at radius 3 is 2.56 bits per heavy atom. The van der Waals surface area contributed by atoms with E-state index in [4.69, 9.17) is 25.2 Å². The van der Waals surface area contributed by atoms with Gasteiger partial charge < -0.3 is 13.6 Å². The van der Waals surface area contributed by atoms with Crippen LogP contribution in [0.3, 0.4) is 0 Å². The van der Waals surface area contributed by atoms with E-state index in [1.165, 1.54) is 12.3 Å². The first-order valence-corrected chi connectivity index (χ1v) is 8.55. The summed E-state index contributed by atoms with van der Waals surface area (Å²) < 4.78 is 16.1. The zero-order chi connectivity index (χ0) is 18.8. The second kappa shape index (κ2) is 7.13. The summed E-state index contributed by atoms with van der Waals surface area (Å²) in [5.41, 5.74) is 0.732. The van der Waals surface area contributed by atoms with Crippen molar-refractivity contribution in [3.8, 4) is 5.75 Å². The third kappa shape index (κ3) is 3.37. The standard InChI is InChI=1S/C21H13ClO5/c22-15-8-4-9-16-18(15)19(27-21(24)17-10-5-11-25-17)14(20(23)26-16)12-13-6-2-1-3-7-13/h1-11H,12H2. The number of benzene rings is 2. The maximum atomic E-state index is 12.6. The number of esters is 1. The van der Waals surface area contributed by atoms with Gasteiger partial charge in [-0.15, -0.1) is 0 Å². The molecule has 0 saturated heterocycles. The van der Waals surface area contributed by atoms with Crippen LogP contribution in [-0.4, -0.2) is 5.97 Å². The Balaban J connectivity index is 1.90. The topological polar surface area (TPSA) is 69.7 Å². The number of halogens is 1. The summed E-state index contributed by atoms with van der Waals surface area (Å²) in [6, 6.07) is 17.3. The van der Waals surface area contributed by atoms with E-state index in [1.807, 2.05) is 30.3 Å². The predicted octanol–water partition coefficient (Wildman–Crippen LogP) is 4.85. The second-order valence-electron chi connectivity index (χ2n) is 5.84. The molecule has 0 radical (unpaired) electrons. The van der Waals surface area contributed by atoms with Gasteiger partial charge in [0, 0.05) is 6.42 Å². The summed E-state index contributed by atoms with van der Waals surface area (Å²) in [6.07, 6.45) is 1.59. The fourth-order valence-corrected chi connectivity index (χ4v) is 3.07. The smallest absolute Gasteiger partial charge is 0.379 e. The number of carbonyl (C=O) groups excluding carboxylic acids is 1. The molecule has 0 bridgehead atoms. The third-order valence-corrected chi connectivity index (χ3v) is 4.38. The summed E-state index contributed by atoms with van der Waals surface area (Å²) in [7, 11) is 0. The molecule has 4 rings (SSSR count). The van der Waals surface area contributed by atoms with E-state index >= 15 is 0 Å². The summed E-state index contributed by atoms with van der Waals surface area (Å²) in [5.74, 6) is -0.618. The van der Waals surface area contributed by atoms with E-state index in [1.54, 1.807) is 24.3 Å². The van der Waals surface area contributed by atoms with Crippen molar-refractivity contribution in [3.05, 3.63) is 99.3 Å². The number of furan rings is 1. The van der Waals surface area contributed by atoms with Gasteiger partial charge in [-0.2, -0.15) is 0 Å². The van der Waals surface area contributed by atoms with E-state index in [-0.39, 0.29) is 29.1 Å². The molecule has 0 atom stereocenters. The van der Waals surface area contributed by atoms with Crippen LogP contribution in [0.4, 0.5) is 0 Å². The molecule has 0 N–H and O–H groups in total. The fourth-order valence-electron chi connectivity index (χ4n) is 2.82. The van der Waals surface area contributed by atoms with Gasteiger partial charge in [0.05, 0.1) is 22.2 Å². The number of fused-ring (bicyclic) bond motifs is 1. The fraction of sp³-hybridized carbons (Fsp3) is 0.0476. The van der Waals surface area contributed by atoms with Gasteiger partial charge in [0.25, 0.3) is 0 Å². The van der Waals surface area contributed by atoms with Crippen LogP contribution in [0.1, 0.15) is 21.7 Å². The van der Waals surface area contributed by atoms with Crippen LogP contribution >= 0.6 is 11.6 Å². The Morgan fingerprint density at radius 1 is 1.00 bits per heavy atom. The average Bonchev–Trinajstić information content (AvgIpc) is 3.20. The maximum absolute atomic E-state index is 12.6. The Hall–Kier alpha value is -3.31. The lowest BCUT2D eigenvalue weighted by Crippen LogP contribution is -2.15. The molecule has 2 aromatic heterocycles. The van der Waals surface area contributed by atoms with Crippen LogP contribution in [0.5, 0.6) is 5.75 Å². The van der Waals surface area contributed by atoms with Crippen molar-refractivity contribution in [3.63, 3.8) is 0 Å². The first kappa shape index (κ1) is 17.1. The lowest BCUT2D eigenvalue weighted by Gasteiger charge is -2.12. The van der Waals surface area contributed by atoms with Crippen molar-refractivity contribution in [1.29, 1.82) is 0 Å². The van der Waals surface area contributed by atoms with E-state index in [2.05, 4.69) is 0 Å². The minimum Gasteiger partial charge on any atom is -0.457 e. The molecule has 2 heterocycles. The molecule has 0 spiro atoms. The molecule has 0 fully saturated rings. The second-order valence-corrected chi connectivity index (χ2v) is 6.25. The van der Waals surface area contributed by atoms with Crippen molar-refractivity contribution in [2.75, 3.05) is 0 Å². The minimum atomic E-state index is -0.721. The highest BCUT2D eigenvalue weighted by molar-refractivity contribution is 6.36. The van der Waals surface area contributed by atoms with Gasteiger partial charge in [-0.05, 0) is 29.8 Å². The third-order valence-electron chi connectivity index (χ3n) is 4.07. The van der Waals surface area contributed by atoms with Gasteiger partial charge in [-0.25, -0.2) is 9.59 Å². The average molecular weight is 381 g/mol. The molecule has 0 aliphatic heterocycles. The SMILES string of the molecule is O=C(Oc1c(Cc2ccccc2)c(=O)oc2cccc(Cl)c12)c1ccco1. The van der Waals surface area contributed by atoms with Gasteiger partial charge in [-0.1, -0.05) is 48.0 Å². The highest BCUT2D eigenvalue weighted by Crippen LogP contribution is 2.35. The van der Waals surface area contributed by atoms with Gasteiger partial charge in [0.15, 0.2) is 5.75 Å². The lowest BCUT2D eigenvalue weighted by molar-refractivity contribution is 0.0701. The summed E-state index contributed by atoms with van der Waals surface area (Å²) in [5, 5.41) is 0.678. The maximum Gasteiger partial charge on any atom is 0.379 e. The van der Waals surface area contributed by atoms with E-state index in [0.29, 0.717) is 10.4 Å².